The van der Waals surface area contributed by atoms with Gasteiger partial charge in [0, 0.05) is 36.8 Å². The molecule has 1 aromatic rings. The van der Waals surface area contributed by atoms with Gasteiger partial charge in [0.25, 0.3) is 0 Å². The van der Waals surface area contributed by atoms with Gasteiger partial charge in [-0.15, -0.1) is 0 Å². The first-order valence-corrected chi connectivity index (χ1v) is 12.4. The predicted octanol–water partition coefficient (Wildman–Crippen LogP) is 3.81. The van der Waals surface area contributed by atoms with E-state index in [0.29, 0.717) is 30.1 Å². The lowest BCUT2D eigenvalue weighted by Crippen LogP contribution is -2.74. The van der Waals surface area contributed by atoms with Gasteiger partial charge in [-0.1, -0.05) is 27.7 Å². The minimum Gasteiger partial charge on any atom is -0.493 e. The highest BCUT2D eigenvalue weighted by Crippen LogP contribution is 2.80. The second kappa shape index (κ2) is 7.48. The maximum Gasteiger partial charge on any atom is 0.217 e. The van der Waals surface area contributed by atoms with Crippen LogP contribution in [0.2, 0.25) is 0 Å². The highest BCUT2D eigenvalue weighted by atomic mass is 16.5. The van der Waals surface area contributed by atoms with Crippen molar-refractivity contribution >= 4 is 17.3 Å². The van der Waals surface area contributed by atoms with Gasteiger partial charge in [0.15, 0.2) is 17.3 Å². The smallest absolute Gasteiger partial charge is 0.217 e. The number of benzene rings is 1. The number of nitrogens with one attached hydrogen (secondary N) is 1. The molecule has 0 unspecified atom stereocenters. The summed E-state index contributed by atoms with van der Waals surface area (Å²) in [5, 5.41) is 3.14. The molecule has 0 aliphatic heterocycles. The molecule has 0 bridgehead atoms. The van der Waals surface area contributed by atoms with E-state index in [4.69, 9.17) is 18.9 Å². The maximum atomic E-state index is 14.2. The van der Waals surface area contributed by atoms with Crippen molar-refractivity contribution in [1.29, 1.82) is 0 Å². The Morgan fingerprint density at radius 2 is 1.69 bits per heavy atom. The van der Waals surface area contributed by atoms with Gasteiger partial charge in [-0.2, -0.15) is 0 Å². The molecule has 0 heterocycles. The molecule has 1 aromatic carbocycles. The summed E-state index contributed by atoms with van der Waals surface area (Å²) in [4.78, 5) is 26.5. The van der Waals surface area contributed by atoms with Crippen LogP contribution < -0.4 is 19.5 Å². The zero-order valence-electron chi connectivity index (χ0n) is 22.3. The standard InChI is InChI=1S/C28H37NO6/c1-13(30)29-15-11-10-14-12-16(32-6)22(33-7)23(34-8)17(14)19-18(15)21-20(19)24-26(2,3)27(4,5)28(24,35-9)25(21)31/h12,15,20-21,24H,10-11H2,1-9H3,(H,29,30)/t15-,20+,21-,24+,28+/m0/s1. The van der Waals surface area contributed by atoms with Gasteiger partial charge in [0.2, 0.25) is 11.7 Å². The zero-order valence-corrected chi connectivity index (χ0v) is 22.3. The molecule has 5 atom stereocenters. The number of methoxy groups -OCH3 is 4. The molecule has 0 saturated heterocycles. The van der Waals surface area contributed by atoms with Crippen molar-refractivity contribution in [2.45, 2.75) is 59.1 Å². The van der Waals surface area contributed by atoms with Gasteiger partial charge in [0.1, 0.15) is 5.60 Å². The molecule has 0 radical (unpaired) electrons. The first-order valence-electron chi connectivity index (χ1n) is 12.4. The maximum absolute atomic E-state index is 14.2. The van der Waals surface area contributed by atoms with Gasteiger partial charge in [-0.25, -0.2) is 0 Å². The Morgan fingerprint density at radius 1 is 1.03 bits per heavy atom. The molecule has 2 fully saturated rings. The average molecular weight is 484 g/mol. The van der Waals surface area contributed by atoms with Crippen LogP contribution in [0.15, 0.2) is 11.6 Å². The molecule has 0 spiro atoms. The van der Waals surface area contributed by atoms with Crippen molar-refractivity contribution in [3.8, 4) is 17.2 Å². The lowest BCUT2D eigenvalue weighted by molar-refractivity contribution is -0.279. The lowest BCUT2D eigenvalue weighted by atomic mass is 9.37. The van der Waals surface area contributed by atoms with Crippen LogP contribution in [0, 0.1) is 28.6 Å². The second-order valence-corrected chi connectivity index (χ2v) is 11.5. The van der Waals surface area contributed by atoms with Crippen molar-refractivity contribution in [1.82, 2.24) is 5.32 Å². The number of allylic oxidation sites excluding steroid dienone is 1. The molecule has 1 N–H and O–H groups in total. The summed E-state index contributed by atoms with van der Waals surface area (Å²) >= 11 is 0. The van der Waals surface area contributed by atoms with E-state index in [-0.39, 0.29) is 46.3 Å². The van der Waals surface area contributed by atoms with Crippen molar-refractivity contribution < 1.29 is 28.5 Å². The third kappa shape index (κ3) is 2.55. The van der Waals surface area contributed by atoms with Crippen LogP contribution in [0.5, 0.6) is 17.2 Å². The third-order valence-corrected chi connectivity index (χ3v) is 10.1. The predicted molar refractivity (Wildman–Crippen MR) is 132 cm³/mol. The molecule has 4 aliphatic rings. The number of amides is 1. The van der Waals surface area contributed by atoms with Crippen molar-refractivity contribution in [2.75, 3.05) is 28.4 Å². The van der Waals surface area contributed by atoms with Crippen LogP contribution in [-0.2, 0) is 20.7 Å². The Morgan fingerprint density at radius 3 is 2.23 bits per heavy atom. The van der Waals surface area contributed by atoms with Crippen LogP contribution in [0.25, 0.3) is 5.57 Å². The van der Waals surface area contributed by atoms with Gasteiger partial charge < -0.3 is 24.3 Å². The zero-order chi connectivity index (χ0) is 25.7. The number of Topliss-reactive ketones (excluding diaryl/α,β-unsaturated/α-hetero) is 1. The molecule has 5 rings (SSSR count). The van der Waals surface area contributed by atoms with Crippen molar-refractivity contribution in [2.24, 2.45) is 28.6 Å². The van der Waals surface area contributed by atoms with Crippen LogP contribution in [0.1, 0.15) is 52.2 Å². The third-order valence-electron chi connectivity index (χ3n) is 10.1. The van der Waals surface area contributed by atoms with E-state index < -0.39 is 5.60 Å². The van der Waals surface area contributed by atoms with Crippen LogP contribution in [-0.4, -0.2) is 51.8 Å². The number of rotatable bonds is 5. The van der Waals surface area contributed by atoms with E-state index in [1.807, 2.05) is 6.07 Å². The Kier molecular flexibility index (Phi) is 5.17. The summed E-state index contributed by atoms with van der Waals surface area (Å²) in [6, 6.07) is 1.79. The monoisotopic (exact) mass is 483 g/mol. The van der Waals surface area contributed by atoms with Gasteiger partial charge in [-0.3, -0.25) is 9.59 Å². The molecular weight excluding hydrogens is 446 g/mol. The molecule has 0 aromatic heterocycles. The molecule has 7 heteroatoms. The largest absolute Gasteiger partial charge is 0.493 e. The normalized spacial score (nSPS) is 33.2. The fraction of sp³-hybridized carbons (Fsp3) is 0.643. The number of ether oxygens (including phenoxy) is 4. The highest BCUT2D eigenvalue weighted by molar-refractivity contribution is 6.07. The Labute approximate surface area is 207 Å². The van der Waals surface area contributed by atoms with E-state index >= 15 is 0 Å². The summed E-state index contributed by atoms with van der Waals surface area (Å²) in [5.74, 6) is 1.54. The van der Waals surface area contributed by atoms with E-state index in [1.165, 1.54) is 6.92 Å². The van der Waals surface area contributed by atoms with Crippen LogP contribution in [0.3, 0.4) is 0 Å². The molecule has 2 saturated carbocycles. The number of aryl methyl sites for hydroxylation is 1. The molecule has 190 valence electrons. The van der Waals surface area contributed by atoms with E-state index in [2.05, 4.69) is 33.0 Å². The Bertz CT molecular complexity index is 1160. The molecule has 7 nitrogen and oxygen atoms in total. The van der Waals surface area contributed by atoms with Crippen molar-refractivity contribution in [3.05, 3.63) is 22.8 Å². The molecule has 35 heavy (non-hydrogen) atoms. The quantitative estimate of drug-likeness (QED) is 0.686. The number of hydrogen-bond donors (Lipinski definition) is 1. The minimum atomic E-state index is -0.858. The van der Waals surface area contributed by atoms with Crippen LogP contribution in [0.4, 0.5) is 0 Å². The SMILES string of the molecule is COc1cc2c(c(OC)c1OC)C1=C([C@@H]3C(=O)[C@]4(OC)[C@H]([C@H]13)C(C)(C)C4(C)C)[C@@H](NC(C)=O)CC2. The number of hydrogen-bond acceptors (Lipinski definition) is 6. The minimum absolute atomic E-state index is 0.0133. The summed E-state index contributed by atoms with van der Waals surface area (Å²) < 4.78 is 23.5. The summed E-state index contributed by atoms with van der Waals surface area (Å²) in [6.07, 6.45) is 1.41. The number of carbonyl (C=O) groups is 2. The lowest BCUT2D eigenvalue weighted by Gasteiger charge is -2.69. The highest BCUT2D eigenvalue weighted by Gasteiger charge is 2.84. The second-order valence-electron chi connectivity index (χ2n) is 11.5. The Hall–Kier alpha value is -2.54. The summed E-state index contributed by atoms with van der Waals surface area (Å²) in [6.45, 7) is 10.3. The molecule has 4 aliphatic carbocycles. The fourth-order valence-corrected chi connectivity index (χ4v) is 8.12. The van der Waals surface area contributed by atoms with Gasteiger partial charge in [-0.05, 0) is 41.0 Å². The van der Waals surface area contributed by atoms with E-state index in [0.717, 1.165) is 22.3 Å². The van der Waals surface area contributed by atoms with Crippen LogP contribution >= 0.6 is 0 Å². The molecule has 1 amide bonds. The van der Waals surface area contributed by atoms with E-state index in [1.54, 1.807) is 28.4 Å². The first kappa shape index (κ1) is 24.2. The summed E-state index contributed by atoms with van der Waals surface area (Å²) in [5.41, 5.74) is 2.87. The van der Waals surface area contributed by atoms with Gasteiger partial charge in [0.05, 0.1) is 33.3 Å². The number of ketones is 1. The fourth-order valence-electron chi connectivity index (χ4n) is 8.12. The van der Waals surface area contributed by atoms with Gasteiger partial charge >= 0.3 is 0 Å². The molecular formula is C28H37NO6. The number of fused-ring (bicyclic) bond motifs is 7. The first-order chi connectivity index (χ1) is 16.5. The van der Waals surface area contributed by atoms with Crippen molar-refractivity contribution in [3.63, 3.8) is 0 Å². The van der Waals surface area contributed by atoms with E-state index in [9.17, 15) is 9.59 Å². The summed E-state index contributed by atoms with van der Waals surface area (Å²) in [7, 11) is 6.53. The topological polar surface area (TPSA) is 83.1 Å². The average Bonchev–Trinajstić information content (AvgIpc) is 2.92. The number of carbonyl (C=O) groups excluding carboxylic acids is 2. The Balaban J connectivity index is 1.79.